The molecule has 0 unspecified atom stereocenters. The second-order valence-corrected chi connectivity index (χ2v) is 6.52. The molecule has 0 radical (unpaired) electrons. The average Bonchev–Trinajstić information content (AvgIpc) is 2.82. The van der Waals surface area contributed by atoms with Gasteiger partial charge in [0.25, 0.3) is 5.91 Å². The molecule has 1 heterocycles. The lowest BCUT2D eigenvalue weighted by Crippen LogP contribution is -2.13. The Morgan fingerprint density at radius 3 is 2.50 bits per heavy atom. The van der Waals surface area contributed by atoms with Gasteiger partial charge < -0.3 is 24.6 Å². The lowest BCUT2D eigenvalue weighted by Gasteiger charge is -2.12. The topological polar surface area (TPSA) is 119 Å². The summed E-state index contributed by atoms with van der Waals surface area (Å²) < 4.78 is 16.1. The molecule has 3 rings (SSSR count). The Kier molecular flexibility index (Phi) is 7.02. The molecule has 0 bridgehead atoms. The largest absolute Gasteiger partial charge is 0.493 e. The number of pyridine rings is 1. The fourth-order valence-electron chi connectivity index (χ4n) is 2.93. The van der Waals surface area contributed by atoms with E-state index in [0.717, 1.165) is 0 Å². The quantitative estimate of drug-likeness (QED) is 0.488. The van der Waals surface area contributed by atoms with Gasteiger partial charge >= 0.3 is 5.97 Å². The number of hydrogen-bond donors (Lipinski definition) is 2. The van der Waals surface area contributed by atoms with Crippen LogP contribution in [0.5, 0.6) is 17.2 Å². The third-order valence-electron chi connectivity index (χ3n) is 4.44. The average molecular weight is 435 g/mol. The summed E-state index contributed by atoms with van der Waals surface area (Å²) in [4.78, 5) is 32.1. The summed E-state index contributed by atoms with van der Waals surface area (Å²) in [7, 11) is 2.97. The van der Waals surface area contributed by atoms with E-state index in [9.17, 15) is 14.7 Å². The van der Waals surface area contributed by atoms with Crippen LogP contribution < -0.4 is 19.5 Å². The van der Waals surface area contributed by atoms with Gasteiger partial charge in [-0.2, -0.15) is 0 Å². The Labute approximate surface area is 184 Å². The van der Waals surface area contributed by atoms with Gasteiger partial charge in [-0.3, -0.25) is 4.79 Å². The summed E-state index contributed by atoms with van der Waals surface area (Å²) >= 11 is 0. The number of aromatic carboxylic acids is 1. The van der Waals surface area contributed by atoms with E-state index in [4.69, 9.17) is 14.2 Å². The van der Waals surface area contributed by atoms with E-state index in [1.165, 1.54) is 32.4 Å². The summed E-state index contributed by atoms with van der Waals surface area (Å²) in [6, 6.07) is 12.5. The molecule has 0 aliphatic carbocycles. The first kappa shape index (κ1) is 22.3. The predicted molar refractivity (Wildman–Crippen MR) is 119 cm³/mol. The van der Waals surface area contributed by atoms with Gasteiger partial charge in [0.15, 0.2) is 23.1 Å². The van der Waals surface area contributed by atoms with E-state index in [1.54, 1.807) is 36.5 Å². The standard InChI is InChI=1S/C23H21N3O6/c1-24-21-19(5-4-8-25-21)32-13-14-9-16(23(28)29)11-17(10-14)26-22(27)15-6-7-18(30-2)20(12-15)31-3/h4-12H,1,13H2,2-3H3,(H,26,27)(H,28,29). The second-order valence-electron chi connectivity index (χ2n) is 6.52. The fraction of sp³-hybridized carbons (Fsp3) is 0.130. The van der Waals surface area contributed by atoms with Gasteiger partial charge in [0.2, 0.25) is 0 Å². The number of benzene rings is 2. The zero-order chi connectivity index (χ0) is 23.1. The van der Waals surface area contributed by atoms with Crippen LogP contribution in [0, 0.1) is 0 Å². The summed E-state index contributed by atoms with van der Waals surface area (Å²) in [5.41, 5.74) is 1.16. The first-order valence-electron chi connectivity index (χ1n) is 9.40. The van der Waals surface area contributed by atoms with Gasteiger partial charge in [-0.05, 0) is 60.8 Å². The van der Waals surface area contributed by atoms with Gasteiger partial charge in [0.05, 0.1) is 19.8 Å². The van der Waals surface area contributed by atoms with Crippen molar-refractivity contribution in [2.75, 3.05) is 19.5 Å². The van der Waals surface area contributed by atoms with Crippen molar-refractivity contribution in [1.29, 1.82) is 0 Å². The van der Waals surface area contributed by atoms with Gasteiger partial charge in [-0.25, -0.2) is 14.8 Å². The van der Waals surface area contributed by atoms with Crippen molar-refractivity contribution in [2.24, 2.45) is 4.99 Å². The smallest absolute Gasteiger partial charge is 0.335 e. The molecule has 0 aliphatic rings. The lowest BCUT2D eigenvalue weighted by molar-refractivity contribution is 0.0696. The van der Waals surface area contributed by atoms with Crippen molar-refractivity contribution in [2.45, 2.75) is 6.61 Å². The number of nitrogens with one attached hydrogen (secondary N) is 1. The number of carboxylic acid groups (broad SMARTS) is 1. The molecular formula is C23H21N3O6. The maximum absolute atomic E-state index is 12.7. The maximum Gasteiger partial charge on any atom is 0.335 e. The Balaban J connectivity index is 1.83. The van der Waals surface area contributed by atoms with E-state index >= 15 is 0 Å². The summed E-state index contributed by atoms with van der Waals surface area (Å²) in [5.74, 6) is 0.0360. The first-order valence-corrected chi connectivity index (χ1v) is 9.40. The van der Waals surface area contributed by atoms with Crippen LogP contribution in [0.15, 0.2) is 59.7 Å². The maximum atomic E-state index is 12.7. The molecular weight excluding hydrogens is 414 g/mol. The lowest BCUT2D eigenvalue weighted by atomic mass is 10.1. The van der Waals surface area contributed by atoms with Crippen molar-refractivity contribution in [3.63, 3.8) is 0 Å². The molecule has 164 valence electrons. The highest BCUT2D eigenvalue weighted by Crippen LogP contribution is 2.28. The van der Waals surface area contributed by atoms with Gasteiger partial charge in [-0.1, -0.05) is 0 Å². The minimum atomic E-state index is -1.14. The Morgan fingerprint density at radius 1 is 1.03 bits per heavy atom. The number of amides is 1. The molecule has 2 aromatic carbocycles. The number of rotatable bonds is 9. The van der Waals surface area contributed by atoms with Crippen molar-refractivity contribution in [3.05, 3.63) is 71.4 Å². The highest BCUT2D eigenvalue weighted by Gasteiger charge is 2.14. The molecule has 0 saturated heterocycles. The van der Waals surface area contributed by atoms with Crippen LogP contribution in [0.3, 0.4) is 0 Å². The van der Waals surface area contributed by atoms with E-state index < -0.39 is 11.9 Å². The van der Waals surface area contributed by atoms with E-state index in [2.05, 4.69) is 22.0 Å². The minimum Gasteiger partial charge on any atom is -0.493 e. The van der Waals surface area contributed by atoms with Crippen LogP contribution >= 0.6 is 0 Å². The number of hydrogen-bond acceptors (Lipinski definition) is 7. The van der Waals surface area contributed by atoms with Gasteiger partial charge in [-0.15, -0.1) is 0 Å². The molecule has 0 fully saturated rings. The zero-order valence-corrected chi connectivity index (χ0v) is 17.5. The third kappa shape index (κ3) is 5.20. The molecule has 9 heteroatoms. The fourth-order valence-corrected chi connectivity index (χ4v) is 2.93. The van der Waals surface area contributed by atoms with Gasteiger partial charge in [0, 0.05) is 17.4 Å². The number of nitrogens with zero attached hydrogens (tertiary/aromatic N) is 2. The van der Waals surface area contributed by atoms with Crippen molar-refractivity contribution >= 4 is 30.1 Å². The molecule has 3 aromatic rings. The van der Waals surface area contributed by atoms with Crippen LogP contribution in [-0.2, 0) is 6.61 Å². The predicted octanol–water partition coefficient (Wildman–Crippen LogP) is 3.96. The van der Waals surface area contributed by atoms with E-state index in [1.807, 2.05) is 0 Å². The first-order chi connectivity index (χ1) is 15.4. The Hall–Kier alpha value is -4.40. The molecule has 2 N–H and O–H groups in total. The zero-order valence-electron chi connectivity index (χ0n) is 17.5. The van der Waals surface area contributed by atoms with Crippen LogP contribution in [0.1, 0.15) is 26.3 Å². The number of carbonyl (C=O) groups is 2. The van der Waals surface area contributed by atoms with Crippen LogP contribution in [-0.4, -0.2) is 42.9 Å². The number of aliphatic imine (C=N–C) groups is 1. The highest BCUT2D eigenvalue weighted by molar-refractivity contribution is 6.05. The SMILES string of the molecule is C=Nc1ncccc1OCc1cc(NC(=O)c2ccc(OC)c(OC)c2)cc(C(=O)O)c1. The number of carboxylic acids is 1. The second kappa shape index (κ2) is 10.1. The molecule has 32 heavy (non-hydrogen) atoms. The molecule has 9 nitrogen and oxygen atoms in total. The van der Waals surface area contributed by atoms with Crippen LogP contribution in [0.2, 0.25) is 0 Å². The molecule has 0 spiro atoms. The van der Waals surface area contributed by atoms with Crippen LogP contribution in [0.4, 0.5) is 11.5 Å². The molecule has 0 saturated carbocycles. The molecule has 0 aliphatic heterocycles. The summed E-state index contributed by atoms with van der Waals surface area (Å²) in [5, 5.41) is 12.2. The number of aromatic nitrogens is 1. The summed E-state index contributed by atoms with van der Waals surface area (Å²) in [6.45, 7) is 3.48. The number of methoxy groups -OCH3 is 2. The Morgan fingerprint density at radius 2 is 1.81 bits per heavy atom. The number of carbonyl (C=O) groups excluding carboxylic acids is 1. The van der Waals surface area contributed by atoms with Crippen molar-refractivity contribution < 1.29 is 28.9 Å². The monoisotopic (exact) mass is 435 g/mol. The van der Waals surface area contributed by atoms with E-state index in [0.29, 0.717) is 39.9 Å². The highest BCUT2D eigenvalue weighted by atomic mass is 16.5. The minimum absolute atomic E-state index is 0.00182. The third-order valence-corrected chi connectivity index (χ3v) is 4.44. The van der Waals surface area contributed by atoms with Crippen molar-refractivity contribution in [1.82, 2.24) is 4.98 Å². The van der Waals surface area contributed by atoms with Gasteiger partial charge in [0.1, 0.15) is 6.61 Å². The van der Waals surface area contributed by atoms with E-state index in [-0.39, 0.29) is 12.2 Å². The van der Waals surface area contributed by atoms with Crippen LogP contribution in [0.25, 0.3) is 0 Å². The number of ether oxygens (including phenoxy) is 3. The molecule has 0 atom stereocenters. The molecule has 1 amide bonds. The Bertz CT molecular complexity index is 1160. The van der Waals surface area contributed by atoms with Crippen molar-refractivity contribution in [3.8, 4) is 17.2 Å². The molecule has 1 aromatic heterocycles. The number of anilines is 1. The normalized spacial score (nSPS) is 10.2. The summed E-state index contributed by atoms with van der Waals surface area (Å²) in [6.07, 6.45) is 1.56.